The Morgan fingerprint density at radius 1 is 1.26 bits per heavy atom. The van der Waals surface area contributed by atoms with Crippen LogP contribution in [0.5, 0.6) is 0 Å². The highest BCUT2D eigenvalue weighted by atomic mass is 19.1. The fraction of sp³-hybridized carbons (Fsp3) is 0.200. The van der Waals surface area contributed by atoms with E-state index in [0.29, 0.717) is 18.0 Å². The zero-order valence-electron chi connectivity index (χ0n) is 12.8. The highest BCUT2D eigenvalue weighted by Gasteiger charge is 2.31. The molecule has 7 nitrogen and oxygen atoms in total. The minimum atomic E-state index is -0.296. The summed E-state index contributed by atoms with van der Waals surface area (Å²) in [5.41, 5.74) is 11.7. The summed E-state index contributed by atoms with van der Waals surface area (Å²) in [6.07, 6.45) is 1.58. The summed E-state index contributed by atoms with van der Waals surface area (Å²) in [5.74, 6) is -0.130. The van der Waals surface area contributed by atoms with E-state index in [2.05, 4.69) is 15.4 Å². The molecule has 0 saturated heterocycles. The number of hydroxylamine groups is 1. The van der Waals surface area contributed by atoms with Gasteiger partial charge in [0.05, 0.1) is 18.0 Å². The van der Waals surface area contributed by atoms with Crippen molar-refractivity contribution in [2.45, 2.75) is 6.92 Å². The van der Waals surface area contributed by atoms with Crippen LogP contribution in [0.4, 0.5) is 10.3 Å². The molecule has 3 N–H and O–H groups in total. The van der Waals surface area contributed by atoms with Gasteiger partial charge in [-0.1, -0.05) is 0 Å². The standard InChI is InChI=1S/C15H17FN6O/c1-3-23-22-14(12-8-9-18-15(17)19-12)13(20-21(22)2)10-4-6-11(16)7-5-10/h4-9,20H,3H2,1-2H3,(H2,17,18,19). The van der Waals surface area contributed by atoms with Crippen molar-refractivity contribution in [3.8, 4) is 0 Å². The first-order chi connectivity index (χ1) is 11.1. The van der Waals surface area contributed by atoms with Gasteiger partial charge >= 0.3 is 0 Å². The predicted molar refractivity (Wildman–Crippen MR) is 84.0 cm³/mol. The predicted octanol–water partition coefficient (Wildman–Crippen LogP) is 1.64. The normalized spacial score (nSPS) is 15.2. The second-order valence-corrected chi connectivity index (χ2v) is 4.86. The maximum atomic E-state index is 13.2. The number of hydrazine groups is 2. The van der Waals surface area contributed by atoms with Crippen LogP contribution in [-0.2, 0) is 4.84 Å². The van der Waals surface area contributed by atoms with Gasteiger partial charge in [-0.15, -0.1) is 5.12 Å². The topological polar surface area (TPSA) is 79.5 Å². The van der Waals surface area contributed by atoms with E-state index in [-0.39, 0.29) is 11.8 Å². The second-order valence-electron chi connectivity index (χ2n) is 4.86. The smallest absolute Gasteiger partial charge is 0.220 e. The summed E-state index contributed by atoms with van der Waals surface area (Å²) in [6.45, 7) is 2.35. The van der Waals surface area contributed by atoms with E-state index in [9.17, 15) is 4.39 Å². The van der Waals surface area contributed by atoms with Gasteiger partial charge in [-0.3, -0.25) is 10.3 Å². The zero-order chi connectivity index (χ0) is 16.4. The monoisotopic (exact) mass is 316 g/mol. The van der Waals surface area contributed by atoms with Crippen LogP contribution in [0.3, 0.4) is 0 Å². The van der Waals surface area contributed by atoms with Gasteiger partial charge in [-0.05, 0) is 37.3 Å². The van der Waals surface area contributed by atoms with E-state index in [0.717, 1.165) is 11.3 Å². The molecule has 1 aliphatic heterocycles. The number of nitrogens with zero attached hydrogens (tertiary/aromatic N) is 4. The number of benzene rings is 1. The average molecular weight is 316 g/mol. The molecular formula is C15H17FN6O. The molecule has 0 spiro atoms. The number of halogens is 1. The van der Waals surface area contributed by atoms with E-state index in [4.69, 9.17) is 10.6 Å². The molecule has 3 rings (SSSR count). The molecule has 0 bridgehead atoms. The van der Waals surface area contributed by atoms with Crippen molar-refractivity contribution in [3.63, 3.8) is 0 Å². The summed E-state index contributed by atoms with van der Waals surface area (Å²) < 4.78 is 13.2. The van der Waals surface area contributed by atoms with Crippen molar-refractivity contribution < 1.29 is 9.23 Å². The third kappa shape index (κ3) is 2.94. The van der Waals surface area contributed by atoms with Crippen molar-refractivity contribution in [1.82, 2.24) is 25.7 Å². The Bertz CT molecular complexity index is 733. The quantitative estimate of drug-likeness (QED) is 0.887. The zero-order valence-corrected chi connectivity index (χ0v) is 12.8. The number of nitrogen functional groups attached to an aromatic ring is 1. The SMILES string of the molecule is CCON1C(c2ccnc(N)n2)=C(c2ccc(F)cc2)NN1C. The average Bonchev–Trinajstić information content (AvgIpc) is 2.85. The van der Waals surface area contributed by atoms with Gasteiger partial charge < -0.3 is 5.73 Å². The van der Waals surface area contributed by atoms with Gasteiger partial charge in [0.15, 0.2) is 0 Å². The number of anilines is 1. The minimum absolute atomic E-state index is 0.166. The maximum Gasteiger partial charge on any atom is 0.220 e. The summed E-state index contributed by atoms with van der Waals surface area (Å²) in [4.78, 5) is 13.8. The molecule has 1 aromatic carbocycles. The molecule has 2 aromatic rings. The molecule has 0 fully saturated rings. The molecule has 0 saturated carbocycles. The molecule has 0 atom stereocenters. The minimum Gasteiger partial charge on any atom is -0.368 e. The van der Waals surface area contributed by atoms with E-state index in [1.807, 2.05) is 6.92 Å². The Labute approximate surface area is 133 Å². The molecule has 1 aliphatic rings. The first kappa shape index (κ1) is 15.2. The Morgan fingerprint density at radius 2 is 2.00 bits per heavy atom. The maximum absolute atomic E-state index is 13.2. The Kier molecular flexibility index (Phi) is 4.09. The van der Waals surface area contributed by atoms with Gasteiger partial charge in [-0.25, -0.2) is 14.4 Å². The largest absolute Gasteiger partial charge is 0.368 e. The van der Waals surface area contributed by atoms with E-state index >= 15 is 0 Å². The molecule has 120 valence electrons. The van der Waals surface area contributed by atoms with Crippen molar-refractivity contribution in [1.29, 1.82) is 0 Å². The molecule has 0 amide bonds. The molecule has 0 aliphatic carbocycles. The Hall–Kier alpha value is -2.71. The van der Waals surface area contributed by atoms with Crippen LogP contribution in [0.1, 0.15) is 18.2 Å². The van der Waals surface area contributed by atoms with Crippen molar-refractivity contribution in [3.05, 3.63) is 53.6 Å². The van der Waals surface area contributed by atoms with Crippen LogP contribution in [0.2, 0.25) is 0 Å². The van der Waals surface area contributed by atoms with Crippen LogP contribution in [0.15, 0.2) is 36.5 Å². The summed E-state index contributed by atoms with van der Waals surface area (Å²) in [6, 6.07) is 7.91. The van der Waals surface area contributed by atoms with E-state index in [1.54, 1.807) is 41.7 Å². The fourth-order valence-electron chi connectivity index (χ4n) is 2.33. The van der Waals surface area contributed by atoms with Gasteiger partial charge in [0.1, 0.15) is 11.5 Å². The van der Waals surface area contributed by atoms with Gasteiger partial charge in [0, 0.05) is 18.8 Å². The van der Waals surface area contributed by atoms with Gasteiger partial charge in [-0.2, -0.15) is 5.17 Å². The van der Waals surface area contributed by atoms with Crippen LogP contribution in [0, 0.1) is 5.82 Å². The summed E-state index contributed by atoms with van der Waals surface area (Å²) in [7, 11) is 1.80. The molecule has 0 unspecified atom stereocenters. The van der Waals surface area contributed by atoms with Crippen molar-refractivity contribution >= 4 is 17.3 Å². The van der Waals surface area contributed by atoms with E-state index in [1.165, 1.54) is 12.1 Å². The third-order valence-electron chi connectivity index (χ3n) is 3.28. The van der Waals surface area contributed by atoms with E-state index < -0.39 is 0 Å². The molecule has 0 radical (unpaired) electrons. The Morgan fingerprint density at radius 3 is 2.65 bits per heavy atom. The molecule has 2 heterocycles. The number of aromatic nitrogens is 2. The fourth-order valence-corrected chi connectivity index (χ4v) is 2.33. The second kappa shape index (κ2) is 6.19. The highest BCUT2D eigenvalue weighted by molar-refractivity contribution is 5.88. The van der Waals surface area contributed by atoms with Crippen LogP contribution in [-0.4, -0.2) is 33.9 Å². The first-order valence-electron chi connectivity index (χ1n) is 7.12. The number of hydrogen-bond donors (Lipinski definition) is 2. The lowest BCUT2D eigenvalue weighted by atomic mass is 10.1. The molecule has 1 aromatic heterocycles. The molecule has 8 heteroatoms. The lowest BCUT2D eigenvalue weighted by molar-refractivity contribution is -0.231. The molecule has 23 heavy (non-hydrogen) atoms. The Balaban J connectivity index is 2.14. The number of rotatable bonds is 4. The van der Waals surface area contributed by atoms with Crippen molar-refractivity contribution in [2.75, 3.05) is 19.4 Å². The van der Waals surface area contributed by atoms with Gasteiger partial charge in [0.25, 0.3) is 0 Å². The summed E-state index contributed by atoms with van der Waals surface area (Å²) >= 11 is 0. The summed E-state index contributed by atoms with van der Waals surface area (Å²) in [5, 5.41) is 3.26. The number of nitrogens with two attached hydrogens (primary N) is 1. The van der Waals surface area contributed by atoms with Crippen LogP contribution in [0.25, 0.3) is 11.4 Å². The third-order valence-corrected chi connectivity index (χ3v) is 3.28. The van der Waals surface area contributed by atoms with Gasteiger partial charge in [0.2, 0.25) is 5.95 Å². The van der Waals surface area contributed by atoms with Crippen LogP contribution >= 0.6 is 0 Å². The lowest BCUT2D eigenvalue weighted by Crippen LogP contribution is -2.39. The number of hydrogen-bond acceptors (Lipinski definition) is 7. The highest BCUT2D eigenvalue weighted by Crippen LogP contribution is 2.32. The van der Waals surface area contributed by atoms with Crippen molar-refractivity contribution in [2.24, 2.45) is 0 Å². The lowest BCUT2D eigenvalue weighted by Gasteiger charge is -2.25. The first-order valence-corrected chi connectivity index (χ1v) is 7.12. The van der Waals surface area contributed by atoms with Crippen LogP contribution < -0.4 is 11.2 Å². The number of nitrogens with one attached hydrogen (secondary N) is 1. The molecular weight excluding hydrogens is 299 g/mol.